The standard InChI is InChI=1S/C10H23N3O/c1-4-8(3)6-13(5-2)7-9(11)10(12)14/h8-9H,4-7,11H2,1-3H3,(H2,12,14). The van der Waals surface area contributed by atoms with E-state index < -0.39 is 11.9 Å². The lowest BCUT2D eigenvalue weighted by atomic mass is 10.1. The summed E-state index contributed by atoms with van der Waals surface area (Å²) in [4.78, 5) is 12.9. The van der Waals surface area contributed by atoms with Gasteiger partial charge in [0, 0.05) is 13.1 Å². The largest absolute Gasteiger partial charge is 0.368 e. The van der Waals surface area contributed by atoms with Crippen molar-refractivity contribution in [2.75, 3.05) is 19.6 Å². The van der Waals surface area contributed by atoms with Crippen LogP contribution in [0.4, 0.5) is 0 Å². The van der Waals surface area contributed by atoms with E-state index in [2.05, 4.69) is 25.7 Å². The van der Waals surface area contributed by atoms with E-state index in [1.165, 1.54) is 0 Å². The quantitative estimate of drug-likeness (QED) is 0.616. The highest BCUT2D eigenvalue weighted by molar-refractivity contribution is 5.79. The maximum Gasteiger partial charge on any atom is 0.235 e. The zero-order valence-corrected chi connectivity index (χ0v) is 9.49. The van der Waals surface area contributed by atoms with Gasteiger partial charge in [0.05, 0.1) is 6.04 Å². The fourth-order valence-electron chi connectivity index (χ4n) is 1.27. The van der Waals surface area contributed by atoms with Gasteiger partial charge in [-0.2, -0.15) is 0 Å². The van der Waals surface area contributed by atoms with Crippen molar-refractivity contribution in [3.8, 4) is 0 Å². The molecule has 0 spiro atoms. The van der Waals surface area contributed by atoms with Crippen LogP contribution in [-0.4, -0.2) is 36.5 Å². The molecule has 0 bridgehead atoms. The van der Waals surface area contributed by atoms with Gasteiger partial charge < -0.3 is 16.4 Å². The van der Waals surface area contributed by atoms with Crippen LogP contribution in [0.1, 0.15) is 27.2 Å². The van der Waals surface area contributed by atoms with Gasteiger partial charge in [0.15, 0.2) is 0 Å². The minimum Gasteiger partial charge on any atom is -0.368 e. The molecule has 84 valence electrons. The SMILES string of the molecule is CCC(C)CN(CC)CC(N)C(N)=O. The molecule has 4 N–H and O–H groups in total. The zero-order valence-electron chi connectivity index (χ0n) is 9.49. The van der Waals surface area contributed by atoms with Crippen molar-refractivity contribution in [1.82, 2.24) is 4.90 Å². The molecular weight excluding hydrogens is 178 g/mol. The molecule has 1 amide bonds. The van der Waals surface area contributed by atoms with Crippen LogP contribution in [-0.2, 0) is 4.79 Å². The Morgan fingerprint density at radius 3 is 2.29 bits per heavy atom. The average Bonchev–Trinajstić information content (AvgIpc) is 2.16. The monoisotopic (exact) mass is 201 g/mol. The van der Waals surface area contributed by atoms with Crippen molar-refractivity contribution < 1.29 is 4.79 Å². The highest BCUT2D eigenvalue weighted by Gasteiger charge is 2.14. The Kier molecular flexibility index (Phi) is 6.49. The first kappa shape index (κ1) is 13.4. The summed E-state index contributed by atoms with van der Waals surface area (Å²) in [5.41, 5.74) is 10.7. The maximum absolute atomic E-state index is 10.8. The Labute approximate surface area is 86.6 Å². The van der Waals surface area contributed by atoms with Gasteiger partial charge in [-0.1, -0.05) is 27.2 Å². The maximum atomic E-state index is 10.8. The Morgan fingerprint density at radius 1 is 1.36 bits per heavy atom. The van der Waals surface area contributed by atoms with E-state index in [1.54, 1.807) is 0 Å². The van der Waals surface area contributed by atoms with Gasteiger partial charge in [0.25, 0.3) is 0 Å². The lowest BCUT2D eigenvalue weighted by Gasteiger charge is -2.25. The van der Waals surface area contributed by atoms with Gasteiger partial charge in [-0.3, -0.25) is 4.79 Å². The number of carbonyl (C=O) groups excluding carboxylic acids is 1. The molecule has 2 unspecified atom stereocenters. The lowest BCUT2D eigenvalue weighted by Crippen LogP contribution is -2.46. The van der Waals surface area contributed by atoms with Crippen molar-refractivity contribution in [3.63, 3.8) is 0 Å². The number of primary amides is 1. The van der Waals surface area contributed by atoms with Gasteiger partial charge in [0.2, 0.25) is 5.91 Å². The molecule has 0 aliphatic heterocycles. The van der Waals surface area contributed by atoms with Crippen LogP contribution >= 0.6 is 0 Å². The number of amides is 1. The highest BCUT2D eigenvalue weighted by atomic mass is 16.1. The fourth-order valence-corrected chi connectivity index (χ4v) is 1.27. The van der Waals surface area contributed by atoms with Gasteiger partial charge in [0.1, 0.15) is 0 Å². The predicted molar refractivity (Wildman–Crippen MR) is 58.7 cm³/mol. The van der Waals surface area contributed by atoms with E-state index in [4.69, 9.17) is 11.5 Å². The van der Waals surface area contributed by atoms with Gasteiger partial charge in [-0.25, -0.2) is 0 Å². The van der Waals surface area contributed by atoms with E-state index in [-0.39, 0.29) is 0 Å². The molecule has 4 nitrogen and oxygen atoms in total. The summed E-state index contributed by atoms with van der Waals surface area (Å²) in [5.74, 6) is 0.211. The molecule has 0 aliphatic rings. The number of nitrogens with zero attached hydrogens (tertiary/aromatic N) is 1. The van der Waals surface area contributed by atoms with Crippen molar-refractivity contribution in [3.05, 3.63) is 0 Å². The van der Waals surface area contributed by atoms with Gasteiger partial charge >= 0.3 is 0 Å². The minimum absolute atomic E-state index is 0.424. The molecule has 0 heterocycles. The second kappa shape index (κ2) is 6.79. The van der Waals surface area contributed by atoms with Crippen LogP contribution in [0.3, 0.4) is 0 Å². The molecule has 0 aromatic rings. The molecule has 0 aliphatic carbocycles. The van der Waals surface area contributed by atoms with Crippen LogP contribution in [0, 0.1) is 5.92 Å². The summed E-state index contributed by atoms with van der Waals surface area (Å²) >= 11 is 0. The predicted octanol–water partition coefficient (Wildman–Crippen LogP) is 0.167. The first-order valence-corrected chi connectivity index (χ1v) is 5.28. The molecular formula is C10H23N3O. The minimum atomic E-state index is -0.543. The van der Waals surface area contributed by atoms with Crippen LogP contribution in [0.2, 0.25) is 0 Å². The number of nitrogens with two attached hydrogens (primary N) is 2. The van der Waals surface area contributed by atoms with Gasteiger partial charge in [-0.15, -0.1) is 0 Å². The molecule has 0 rings (SSSR count). The molecule has 0 aromatic carbocycles. The summed E-state index contributed by atoms with van der Waals surface area (Å²) < 4.78 is 0. The molecule has 4 heteroatoms. The smallest absolute Gasteiger partial charge is 0.235 e. The molecule has 0 saturated carbocycles. The van der Waals surface area contributed by atoms with E-state index in [1.807, 2.05) is 0 Å². The highest BCUT2D eigenvalue weighted by Crippen LogP contribution is 2.04. The summed E-state index contributed by atoms with van der Waals surface area (Å²) in [5, 5.41) is 0. The fraction of sp³-hybridized carbons (Fsp3) is 0.900. The molecule has 0 radical (unpaired) electrons. The van der Waals surface area contributed by atoms with Crippen LogP contribution in [0.25, 0.3) is 0 Å². The van der Waals surface area contributed by atoms with Crippen molar-refractivity contribution >= 4 is 5.91 Å². The summed E-state index contributed by atoms with van der Waals surface area (Å²) in [6.07, 6.45) is 1.14. The van der Waals surface area contributed by atoms with Crippen molar-refractivity contribution in [1.29, 1.82) is 0 Å². The first-order valence-electron chi connectivity index (χ1n) is 5.28. The molecule has 2 atom stereocenters. The summed E-state index contributed by atoms with van der Waals surface area (Å²) in [7, 11) is 0. The van der Waals surface area contributed by atoms with Crippen molar-refractivity contribution in [2.45, 2.75) is 33.2 Å². The molecule has 0 fully saturated rings. The average molecular weight is 201 g/mol. The first-order chi connectivity index (χ1) is 6.51. The van der Waals surface area contributed by atoms with E-state index in [0.717, 1.165) is 19.5 Å². The normalized spacial score (nSPS) is 15.5. The third kappa shape index (κ3) is 5.19. The molecule has 14 heavy (non-hydrogen) atoms. The van der Waals surface area contributed by atoms with E-state index >= 15 is 0 Å². The van der Waals surface area contributed by atoms with Crippen LogP contribution in [0.5, 0.6) is 0 Å². The Hall–Kier alpha value is -0.610. The lowest BCUT2D eigenvalue weighted by molar-refractivity contribution is -0.119. The Morgan fingerprint density at radius 2 is 1.93 bits per heavy atom. The third-order valence-electron chi connectivity index (χ3n) is 2.53. The second-order valence-corrected chi connectivity index (χ2v) is 3.87. The molecule has 0 aromatic heterocycles. The number of hydrogen-bond acceptors (Lipinski definition) is 3. The third-order valence-corrected chi connectivity index (χ3v) is 2.53. The zero-order chi connectivity index (χ0) is 11.1. The van der Waals surface area contributed by atoms with Crippen LogP contribution < -0.4 is 11.5 Å². The number of likely N-dealkylation sites (N-methyl/N-ethyl adjacent to an activating group) is 1. The Bertz CT molecular complexity index is 173. The number of hydrogen-bond donors (Lipinski definition) is 2. The second-order valence-electron chi connectivity index (χ2n) is 3.87. The van der Waals surface area contributed by atoms with Gasteiger partial charge in [-0.05, 0) is 12.5 Å². The number of carbonyl (C=O) groups is 1. The number of rotatable bonds is 7. The molecule has 0 saturated heterocycles. The Balaban J connectivity index is 3.96. The topological polar surface area (TPSA) is 72.3 Å². The van der Waals surface area contributed by atoms with Crippen molar-refractivity contribution in [2.24, 2.45) is 17.4 Å². The summed E-state index contributed by atoms with van der Waals surface area (Å²) in [6, 6.07) is -0.543. The summed E-state index contributed by atoms with van der Waals surface area (Å²) in [6.45, 7) is 8.87. The van der Waals surface area contributed by atoms with E-state index in [9.17, 15) is 4.79 Å². The van der Waals surface area contributed by atoms with Crippen LogP contribution in [0.15, 0.2) is 0 Å². The van der Waals surface area contributed by atoms with E-state index in [0.29, 0.717) is 12.5 Å².